The van der Waals surface area contributed by atoms with Gasteiger partial charge < -0.3 is 5.32 Å². The van der Waals surface area contributed by atoms with E-state index < -0.39 is 9.84 Å². The normalized spacial score (nSPS) is 24.7. The van der Waals surface area contributed by atoms with Crippen molar-refractivity contribution in [3.8, 4) is 0 Å². The number of sulfone groups is 1. The maximum Gasteiger partial charge on any atom is 0.221 e. The number of nitrogens with one attached hydrogen (secondary N) is 1. The fourth-order valence-corrected chi connectivity index (χ4v) is 4.20. The van der Waals surface area contributed by atoms with Crippen LogP contribution in [-0.2, 0) is 14.6 Å². The lowest BCUT2D eigenvalue weighted by Crippen LogP contribution is -2.31. The number of hydrogen-bond donors (Lipinski definition) is 1. The highest BCUT2D eigenvalue weighted by atomic mass is 32.2. The van der Waals surface area contributed by atoms with E-state index in [4.69, 9.17) is 0 Å². The summed E-state index contributed by atoms with van der Waals surface area (Å²) in [5.41, 5.74) is 1.13. The SMILES string of the molecule is O=C(CC1C=CS(=O)(=O)C1)NC(c1ccccc1)C1CC1. The van der Waals surface area contributed by atoms with Crippen molar-refractivity contribution in [1.29, 1.82) is 0 Å². The van der Waals surface area contributed by atoms with E-state index in [9.17, 15) is 13.2 Å². The summed E-state index contributed by atoms with van der Waals surface area (Å²) in [4.78, 5) is 12.2. The summed E-state index contributed by atoms with van der Waals surface area (Å²) < 4.78 is 22.7. The van der Waals surface area contributed by atoms with E-state index in [0.29, 0.717) is 5.92 Å². The van der Waals surface area contributed by atoms with Gasteiger partial charge in [-0.1, -0.05) is 36.4 Å². The number of allylic oxidation sites excluding steroid dienone is 1. The average Bonchev–Trinajstić information content (AvgIpc) is 3.22. The lowest BCUT2D eigenvalue weighted by molar-refractivity contribution is -0.122. The van der Waals surface area contributed by atoms with Crippen LogP contribution in [0.4, 0.5) is 0 Å². The van der Waals surface area contributed by atoms with Crippen LogP contribution >= 0.6 is 0 Å². The number of rotatable bonds is 5. The molecule has 1 amide bonds. The van der Waals surface area contributed by atoms with E-state index in [1.807, 2.05) is 30.3 Å². The van der Waals surface area contributed by atoms with E-state index in [1.165, 1.54) is 5.41 Å². The minimum Gasteiger partial charge on any atom is -0.349 e. The molecule has 1 aromatic rings. The van der Waals surface area contributed by atoms with E-state index in [1.54, 1.807) is 6.08 Å². The van der Waals surface area contributed by atoms with Crippen LogP contribution in [0.2, 0.25) is 0 Å². The molecule has 1 fully saturated rings. The van der Waals surface area contributed by atoms with Crippen molar-refractivity contribution in [3.05, 3.63) is 47.4 Å². The minimum atomic E-state index is -3.09. The van der Waals surface area contributed by atoms with Crippen LogP contribution in [-0.4, -0.2) is 20.1 Å². The predicted octanol–water partition coefficient (Wildman–Crippen LogP) is 2.20. The number of amides is 1. The third-order valence-corrected chi connectivity index (χ3v) is 5.49. The first kappa shape index (κ1) is 14.3. The Morgan fingerprint density at radius 3 is 2.52 bits per heavy atom. The summed E-state index contributed by atoms with van der Waals surface area (Å²) in [5.74, 6) is 0.312. The van der Waals surface area contributed by atoms with E-state index in [2.05, 4.69) is 5.32 Å². The van der Waals surface area contributed by atoms with Gasteiger partial charge in [0.1, 0.15) is 0 Å². The van der Waals surface area contributed by atoms with E-state index in [0.717, 1.165) is 18.4 Å². The maximum atomic E-state index is 12.2. The predicted molar refractivity (Wildman–Crippen MR) is 81.1 cm³/mol. The molecule has 1 N–H and O–H groups in total. The highest BCUT2D eigenvalue weighted by Gasteiger charge is 2.34. The fraction of sp³-hybridized carbons (Fsp3) is 0.438. The van der Waals surface area contributed by atoms with Crippen molar-refractivity contribution < 1.29 is 13.2 Å². The summed E-state index contributed by atoms with van der Waals surface area (Å²) >= 11 is 0. The minimum absolute atomic E-state index is 0.0554. The summed E-state index contributed by atoms with van der Waals surface area (Å²) in [6.45, 7) is 0. The molecule has 1 heterocycles. The van der Waals surface area contributed by atoms with Crippen LogP contribution < -0.4 is 5.32 Å². The summed E-state index contributed by atoms with van der Waals surface area (Å²) in [7, 11) is -3.09. The molecule has 0 aromatic heterocycles. The van der Waals surface area contributed by atoms with Crippen LogP contribution in [0.3, 0.4) is 0 Å². The summed E-state index contributed by atoms with van der Waals surface area (Å²) in [6, 6.07) is 10.0. The molecule has 1 saturated carbocycles. The Kier molecular flexibility index (Phi) is 3.85. The molecule has 0 saturated heterocycles. The molecule has 1 aliphatic carbocycles. The zero-order chi connectivity index (χ0) is 14.9. The van der Waals surface area contributed by atoms with Crippen LogP contribution in [0, 0.1) is 11.8 Å². The van der Waals surface area contributed by atoms with Crippen LogP contribution in [0.1, 0.15) is 30.9 Å². The van der Waals surface area contributed by atoms with Crippen molar-refractivity contribution in [2.45, 2.75) is 25.3 Å². The molecule has 1 aliphatic heterocycles. The molecule has 3 rings (SSSR count). The topological polar surface area (TPSA) is 63.2 Å². The monoisotopic (exact) mass is 305 g/mol. The maximum absolute atomic E-state index is 12.2. The second-order valence-corrected chi connectivity index (χ2v) is 7.85. The third kappa shape index (κ3) is 3.73. The van der Waals surface area contributed by atoms with Gasteiger partial charge in [0.05, 0.1) is 11.8 Å². The lowest BCUT2D eigenvalue weighted by atomic mass is 10.0. The number of carbonyl (C=O) groups excluding carboxylic acids is 1. The zero-order valence-electron chi connectivity index (χ0n) is 11.7. The van der Waals surface area contributed by atoms with Crippen molar-refractivity contribution in [2.24, 2.45) is 11.8 Å². The molecule has 2 unspecified atom stereocenters. The van der Waals surface area contributed by atoms with Crippen molar-refractivity contribution in [1.82, 2.24) is 5.32 Å². The Morgan fingerprint density at radius 2 is 1.95 bits per heavy atom. The van der Waals surface area contributed by atoms with Crippen molar-refractivity contribution >= 4 is 15.7 Å². The molecule has 1 aromatic carbocycles. The smallest absolute Gasteiger partial charge is 0.221 e. The van der Waals surface area contributed by atoms with Gasteiger partial charge in [-0.2, -0.15) is 0 Å². The van der Waals surface area contributed by atoms with Crippen LogP contribution in [0.15, 0.2) is 41.8 Å². The summed E-state index contributed by atoms with van der Waals surface area (Å²) in [5, 5.41) is 4.30. The molecule has 21 heavy (non-hydrogen) atoms. The van der Waals surface area contributed by atoms with E-state index >= 15 is 0 Å². The molecule has 112 valence electrons. The number of benzene rings is 1. The Balaban J connectivity index is 1.62. The Morgan fingerprint density at radius 1 is 1.24 bits per heavy atom. The molecule has 0 radical (unpaired) electrons. The Labute approximate surface area is 125 Å². The number of hydrogen-bond acceptors (Lipinski definition) is 3. The van der Waals surface area contributed by atoms with Gasteiger partial charge in [-0.05, 0) is 24.3 Å². The van der Waals surface area contributed by atoms with Gasteiger partial charge in [-0.15, -0.1) is 0 Å². The molecule has 0 bridgehead atoms. The average molecular weight is 305 g/mol. The van der Waals surface area contributed by atoms with Gasteiger partial charge in [0.15, 0.2) is 9.84 Å². The highest BCUT2D eigenvalue weighted by molar-refractivity contribution is 7.94. The van der Waals surface area contributed by atoms with E-state index in [-0.39, 0.29) is 30.0 Å². The number of carbonyl (C=O) groups is 1. The van der Waals surface area contributed by atoms with Crippen molar-refractivity contribution in [3.63, 3.8) is 0 Å². The first-order valence-electron chi connectivity index (χ1n) is 7.29. The molecule has 5 heteroatoms. The second-order valence-electron chi connectivity index (χ2n) is 5.92. The molecule has 2 atom stereocenters. The van der Waals surface area contributed by atoms with Gasteiger partial charge >= 0.3 is 0 Å². The summed E-state index contributed by atoms with van der Waals surface area (Å²) in [6.07, 6.45) is 4.14. The Hall–Kier alpha value is -1.62. The molecular weight excluding hydrogens is 286 g/mol. The highest BCUT2D eigenvalue weighted by Crippen LogP contribution is 2.41. The Bertz CT molecular complexity index is 647. The molecule has 0 spiro atoms. The standard InChI is InChI=1S/C16H19NO3S/c18-15(10-12-8-9-21(19,20)11-12)17-16(14-6-7-14)13-4-2-1-3-5-13/h1-5,8-9,12,14,16H,6-7,10-11H2,(H,17,18). The van der Waals surface area contributed by atoms with Gasteiger partial charge in [-0.3, -0.25) is 4.79 Å². The van der Waals surface area contributed by atoms with Gasteiger partial charge in [0.25, 0.3) is 0 Å². The molecule has 4 nitrogen and oxygen atoms in total. The van der Waals surface area contributed by atoms with Gasteiger partial charge in [-0.25, -0.2) is 8.42 Å². The third-order valence-electron chi connectivity index (χ3n) is 4.02. The van der Waals surface area contributed by atoms with Crippen molar-refractivity contribution in [2.75, 3.05) is 5.75 Å². The second kappa shape index (κ2) is 5.64. The van der Waals surface area contributed by atoms with Crippen LogP contribution in [0.5, 0.6) is 0 Å². The van der Waals surface area contributed by atoms with Crippen LogP contribution in [0.25, 0.3) is 0 Å². The lowest BCUT2D eigenvalue weighted by Gasteiger charge is -2.19. The van der Waals surface area contributed by atoms with Gasteiger partial charge in [0.2, 0.25) is 5.91 Å². The first-order valence-corrected chi connectivity index (χ1v) is 9.00. The quantitative estimate of drug-likeness (QED) is 0.907. The first-order chi connectivity index (χ1) is 10.0. The largest absolute Gasteiger partial charge is 0.349 e. The molecular formula is C16H19NO3S. The molecule has 2 aliphatic rings. The fourth-order valence-electron chi connectivity index (χ4n) is 2.80. The zero-order valence-corrected chi connectivity index (χ0v) is 12.6. The van der Waals surface area contributed by atoms with Gasteiger partial charge in [0, 0.05) is 17.7 Å².